The lowest BCUT2D eigenvalue weighted by molar-refractivity contribution is 0.203. The van der Waals surface area contributed by atoms with Crippen molar-refractivity contribution in [3.63, 3.8) is 0 Å². The van der Waals surface area contributed by atoms with Gasteiger partial charge in [0.05, 0.1) is 19.2 Å². The van der Waals surface area contributed by atoms with E-state index in [2.05, 4.69) is 59.0 Å². The SMILES string of the molecule is COc1cccc(C2NNCC2CN2CCCC2c2cc(C(C)C)on2)c1. The number of methoxy groups -OCH3 is 1. The Bertz CT molecular complexity index is 760. The molecule has 0 aliphatic carbocycles. The normalized spacial score (nSPS) is 26.1. The Morgan fingerprint density at radius 3 is 3.00 bits per heavy atom. The van der Waals surface area contributed by atoms with Crippen LogP contribution in [-0.2, 0) is 0 Å². The molecule has 2 N–H and O–H groups in total. The van der Waals surface area contributed by atoms with E-state index in [4.69, 9.17) is 9.26 Å². The topological polar surface area (TPSA) is 62.6 Å². The molecule has 2 aliphatic rings. The maximum absolute atomic E-state index is 5.56. The lowest BCUT2D eigenvalue weighted by atomic mass is 9.94. The number of rotatable bonds is 6. The molecule has 3 atom stereocenters. The van der Waals surface area contributed by atoms with E-state index < -0.39 is 0 Å². The third kappa shape index (κ3) is 3.88. The third-order valence-electron chi connectivity index (χ3n) is 5.84. The lowest BCUT2D eigenvalue weighted by Gasteiger charge is -2.28. The van der Waals surface area contributed by atoms with E-state index >= 15 is 0 Å². The monoisotopic (exact) mass is 370 g/mol. The van der Waals surface area contributed by atoms with Crippen molar-refractivity contribution in [1.29, 1.82) is 0 Å². The molecule has 2 fully saturated rings. The van der Waals surface area contributed by atoms with E-state index in [1.54, 1.807) is 7.11 Å². The second-order valence-corrected chi connectivity index (χ2v) is 8.00. The molecule has 6 nitrogen and oxygen atoms in total. The second-order valence-electron chi connectivity index (χ2n) is 8.00. The number of benzene rings is 1. The van der Waals surface area contributed by atoms with Gasteiger partial charge in [-0.3, -0.25) is 10.3 Å². The maximum atomic E-state index is 5.56. The molecule has 2 saturated heterocycles. The maximum Gasteiger partial charge on any atom is 0.139 e. The van der Waals surface area contributed by atoms with Gasteiger partial charge in [-0.15, -0.1) is 0 Å². The van der Waals surface area contributed by atoms with Crippen LogP contribution in [-0.4, -0.2) is 36.8 Å². The summed E-state index contributed by atoms with van der Waals surface area (Å²) in [6, 6.07) is 11.2. The molecule has 0 amide bonds. The van der Waals surface area contributed by atoms with Crippen LogP contribution in [0.3, 0.4) is 0 Å². The quantitative estimate of drug-likeness (QED) is 0.813. The molecule has 4 rings (SSSR count). The van der Waals surface area contributed by atoms with Crippen LogP contribution in [0.15, 0.2) is 34.9 Å². The fraction of sp³-hybridized carbons (Fsp3) is 0.571. The van der Waals surface area contributed by atoms with Gasteiger partial charge in [0, 0.05) is 31.0 Å². The van der Waals surface area contributed by atoms with Crippen molar-refractivity contribution in [3.8, 4) is 5.75 Å². The first kappa shape index (κ1) is 18.5. The molecule has 1 aromatic heterocycles. The van der Waals surface area contributed by atoms with Crippen molar-refractivity contribution < 1.29 is 9.26 Å². The number of nitrogens with one attached hydrogen (secondary N) is 2. The highest BCUT2D eigenvalue weighted by atomic mass is 16.5. The van der Waals surface area contributed by atoms with Gasteiger partial charge in [0.25, 0.3) is 0 Å². The molecule has 0 saturated carbocycles. The van der Waals surface area contributed by atoms with Crippen molar-refractivity contribution in [3.05, 3.63) is 47.3 Å². The highest BCUT2D eigenvalue weighted by Crippen LogP contribution is 2.36. The number of ether oxygens (including phenoxy) is 1. The summed E-state index contributed by atoms with van der Waals surface area (Å²) in [6.07, 6.45) is 2.37. The smallest absolute Gasteiger partial charge is 0.139 e. The molecule has 0 bridgehead atoms. The molecule has 0 spiro atoms. The minimum absolute atomic E-state index is 0.282. The Morgan fingerprint density at radius 1 is 1.33 bits per heavy atom. The summed E-state index contributed by atoms with van der Waals surface area (Å²) in [6.45, 7) is 7.41. The minimum atomic E-state index is 0.282. The fourth-order valence-corrected chi connectivity index (χ4v) is 4.31. The summed E-state index contributed by atoms with van der Waals surface area (Å²) in [5, 5.41) is 4.38. The number of hydrogen-bond acceptors (Lipinski definition) is 6. The number of aromatic nitrogens is 1. The molecule has 3 heterocycles. The van der Waals surface area contributed by atoms with Gasteiger partial charge >= 0.3 is 0 Å². The Hall–Kier alpha value is -1.89. The molecule has 6 heteroatoms. The van der Waals surface area contributed by atoms with Crippen LogP contribution in [0.25, 0.3) is 0 Å². The van der Waals surface area contributed by atoms with E-state index in [0.717, 1.165) is 43.3 Å². The van der Waals surface area contributed by atoms with Gasteiger partial charge in [-0.1, -0.05) is 31.1 Å². The van der Waals surface area contributed by atoms with Crippen LogP contribution in [0.4, 0.5) is 0 Å². The first-order valence-electron chi connectivity index (χ1n) is 9.98. The van der Waals surface area contributed by atoms with E-state index in [-0.39, 0.29) is 6.04 Å². The summed E-state index contributed by atoms with van der Waals surface area (Å²) in [5.41, 5.74) is 9.17. The van der Waals surface area contributed by atoms with Crippen LogP contribution < -0.4 is 15.6 Å². The molecule has 2 aliphatic heterocycles. The van der Waals surface area contributed by atoms with Gasteiger partial charge < -0.3 is 9.26 Å². The molecule has 1 aromatic carbocycles. The average Bonchev–Trinajstić information content (AvgIpc) is 3.42. The summed E-state index contributed by atoms with van der Waals surface area (Å²) in [4.78, 5) is 2.58. The van der Waals surface area contributed by atoms with Crippen LogP contribution in [0, 0.1) is 5.92 Å². The predicted molar refractivity (Wildman–Crippen MR) is 105 cm³/mol. The van der Waals surface area contributed by atoms with Crippen molar-refractivity contribution >= 4 is 0 Å². The molecular weight excluding hydrogens is 340 g/mol. The summed E-state index contributed by atoms with van der Waals surface area (Å²) < 4.78 is 11.0. The molecular formula is C21H30N4O2. The number of hydrazine groups is 1. The first-order chi connectivity index (χ1) is 13.2. The zero-order valence-electron chi connectivity index (χ0n) is 16.4. The number of nitrogens with zero attached hydrogens (tertiary/aromatic N) is 2. The van der Waals surface area contributed by atoms with Crippen LogP contribution in [0.2, 0.25) is 0 Å². The average molecular weight is 370 g/mol. The van der Waals surface area contributed by atoms with E-state index in [1.807, 2.05) is 6.07 Å². The molecule has 2 aromatic rings. The second kappa shape index (κ2) is 8.00. The number of hydrogen-bond donors (Lipinski definition) is 2. The van der Waals surface area contributed by atoms with E-state index in [0.29, 0.717) is 17.9 Å². The van der Waals surface area contributed by atoms with Crippen LogP contribution in [0.5, 0.6) is 5.75 Å². The Morgan fingerprint density at radius 2 is 2.22 bits per heavy atom. The zero-order chi connectivity index (χ0) is 18.8. The van der Waals surface area contributed by atoms with Crippen molar-refractivity contribution in [2.45, 2.75) is 44.7 Å². The molecule has 27 heavy (non-hydrogen) atoms. The van der Waals surface area contributed by atoms with Crippen molar-refractivity contribution in [1.82, 2.24) is 20.9 Å². The van der Waals surface area contributed by atoms with Crippen LogP contribution in [0.1, 0.15) is 61.7 Å². The van der Waals surface area contributed by atoms with Gasteiger partial charge in [-0.25, -0.2) is 5.43 Å². The minimum Gasteiger partial charge on any atom is -0.497 e. The highest BCUT2D eigenvalue weighted by molar-refractivity contribution is 5.31. The highest BCUT2D eigenvalue weighted by Gasteiger charge is 2.35. The standard InChI is InChI=1S/C21H30N4O2/c1-14(2)20-11-18(24-27-20)19-8-5-9-25(19)13-16-12-22-23-21(16)15-6-4-7-17(10-15)26-3/h4,6-7,10-11,14,16,19,21-23H,5,8-9,12-13H2,1-3H3. The Kier molecular flexibility index (Phi) is 5.48. The Labute approximate surface area is 161 Å². The Balaban J connectivity index is 1.48. The van der Waals surface area contributed by atoms with E-state index in [1.165, 1.54) is 12.0 Å². The molecule has 3 unspecified atom stereocenters. The van der Waals surface area contributed by atoms with Gasteiger partial charge in [0.15, 0.2) is 0 Å². The summed E-state index contributed by atoms with van der Waals surface area (Å²) in [7, 11) is 1.72. The van der Waals surface area contributed by atoms with Crippen molar-refractivity contribution in [2.75, 3.05) is 26.7 Å². The van der Waals surface area contributed by atoms with Gasteiger partial charge in [0.2, 0.25) is 0 Å². The molecule has 146 valence electrons. The van der Waals surface area contributed by atoms with Gasteiger partial charge in [-0.05, 0) is 37.1 Å². The zero-order valence-corrected chi connectivity index (χ0v) is 16.4. The summed E-state index contributed by atoms with van der Waals surface area (Å²) >= 11 is 0. The predicted octanol–water partition coefficient (Wildman–Crippen LogP) is 3.41. The largest absolute Gasteiger partial charge is 0.497 e. The lowest BCUT2D eigenvalue weighted by Crippen LogP contribution is -2.33. The fourth-order valence-electron chi connectivity index (χ4n) is 4.31. The van der Waals surface area contributed by atoms with Gasteiger partial charge in [-0.2, -0.15) is 0 Å². The first-order valence-corrected chi connectivity index (χ1v) is 9.98. The summed E-state index contributed by atoms with van der Waals surface area (Å²) in [5.74, 6) is 2.76. The van der Waals surface area contributed by atoms with Crippen LogP contribution >= 0.6 is 0 Å². The van der Waals surface area contributed by atoms with Crippen molar-refractivity contribution in [2.24, 2.45) is 5.92 Å². The molecule has 0 radical (unpaired) electrons. The number of likely N-dealkylation sites (tertiary alicyclic amines) is 1. The van der Waals surface area contributed by atoms with Gasteiger partial charge in [0.1, 0.15) is 17.2 Å². The third-order valence-corrected chi connectivity index (χ3v) is 5.84. The van der Waals surface area contributed by atoms with E-state index in [9.17, 15) is 0 Å².